The van der Waals surface area contributed by atoms with E-state index in [0.29, 0.717) is 4.88 Å². The molecule has 0 spiro atoms. The lowest BCUT2D eigenvalue weighted by molar-refractivity contribution is -0.385. The molecule has 0 aliphatic rings. The van der Waals surface area contributed by atoms with E-state index in [1.54, 1.807) is 0 Å². The summed E-state index contributed by atoms with van der Waals surface area (Å²) in [6.45, 7) is 1.47. The van der Waals surface area contributed by atoms with Crippen molar-refractivity contribution in [3.05, 3.63) is 50.1 Å². The van der Waals surface area contributed by atoms with Crippen LogP contribution in [-0.2, 0) is 0 Å². The highest BCUT2D eigenvalue weighted by molar-refractivity contribution is 7.14. The summed E-state index contributed by atoms with van der Waals surface area (Å²) in [6.07, 6.45) is -0.875. The summed E-state index contributed by atoms with van der Waals surface area (Å²) in [4.78, 5) is 10.6. The first-order chi connectivity index (χ1) is 9.40. The monoisotopic (exact) mass is 317 g/mol. The molecule has 1 aromatic heterocycles. The van der Waals surface area contributed by atoms with Crippen molar-refractivity contribution in [2.45, 2.75) is 13.0 Å². The second kappa shape index (κ2) is 5.74. The molecule has 1 N–H and O–H groups in total. The molecule has 0 fully saturated rings. The normalized spacial score (nSPS) is 12.2. The Kier molecular flexibility index (Phi) is 4.22. The lowest BCUT2D eigenvalue weighted by Crippen LogP contribution is -1.91. The third kappa shape index (κ3) is 2.90. The molecule has 2 rings (SSSR count). The van der Waals surface area contributed by atoms with Crippen molar-refractivity contribution in [2.75, 3.05) is 0 Å². The zero-order valence-corrected chi connectivity index (χ0v) is 11.7. The van der Waals surface area contributed by atoms with Crippen LogP contribution in [0.5, 0.6) is 10.8 Å². The maximum Gasteiger partial charge on any atom is 0.323 e. The molecule has 1 aromatic carbocycles. The van der Waals surface area contributed by atoms with Crippen molar-refractivity contribution in [3.8, 4) is 10.8 Å². The number of ether oxygens (including phenoxy) is 1. The molecule has 0 radical (unpaired) electrons. The van der Waals surface area contributed by atoms with Gasteiger partial charge in [-0.1, -0.05) is 29.0 Å². The number of aliphatic hydroxyl groups excluding tert-OH is 1. The number of benzene rings is 1. The van der Waals surface area contributed by atoms with E-state index in [4.69, 9.17) is 16.3 Å². The number of rotatable bonds is 4. The van der Waals surface area contributed by atoms with Gasteiger partial charge in [-0.05, 0) is 19.1 Å². The van der Waals surface area contributed by atoms with Gasteiger partial charge in [0.15, 0.2) is 11.6 Å². The topological polar surface area (TPSA) is 72.6 Å². The Morgan fingerprint density at radius 2 is 2.25 bits per heavy atom. The largest absolute Gasteiger partial charge is 0.437 e. The molecule has 0 aliphatic heterocycles. The number of halogens is 2. The second-order valence-electron chi connectivity index (χ2n) is 3.91. The Morgan fingerprint density at radius 3 is 2.85 bits per heavy atom. The van der Waals surface area contributed by atoms with Crippen molar-refractivity contribution >= 4 is 28.6 Å². The second-order valence-corrected chi connectivity index (χ2v) is 5.36. The van der Waals surface area contributed by atoms with Crippen LogP contribution in [0.1, 0.15) is 17.9 Å². The summed E-state index contributed by atoms with van der Waals surface area (Å²) >= 11 is 6.49. The zero-order valence-electron chi connectivity index (χ0n) is 10.2. The molecule has 0 bridgehead atoms. The highest BCUT2D eigenvalue weighted by Crippen LogP contribution is 2.42. The Morgan fingerprint density at radius 1 is 1.55 bits per heavy atom. The summed E-state index contributed by atoms with van der Waals surface area (Å²) in [6, 6.07) is 5.32. The molecular formula is C12H9ClFNO4S. The molecule has 1 heterocycles. The van der Waals surface area contributed by atoms with Crippen LogP contribution < -0.4 is 4.74 Å². The van der Waals surface area contributed by atoms with Gasteiger partial charge in [0.05, 0.1) is 16.0 Å². The Labute approximate surface area is 122 Å². The Hall–Kier alpha value is -1.70. The third-order valence-corrected chi connectivity index (χ3v) is 3.89. The summed E-state index contributed by atoms with van der Waals surface area (Å²) in [7, 11) is 0. The van der Waals surface area contributed by atoms with Crippen LogP contribution in [0.15, 0.2) is 24.3 Å². The van der Waals surface area contributed by atoms with E-state index in [0.717, 1.165) is 11.3 Å². The third-order valence-electron chi connectivity index (χ3n) is 2.43. The van der Waals surface area contributed by atoms with Gasteiger partial charge in [-0.25, -0.2) is 4.39 Å². The fourth-order valence-electron chi connectivity index (χ4n) is 1.45. The van der Waals surface area contributed by atoms with Crippen molar-refractivity contribution in [2.24, 2.45) is 0 Å². The lowest BCUT2D eigenvalue weighted by Gasteiger charge is -2.04. The summed E-state index contributed by atoms with van der Waals surface area (Å²) in [5.74, 6) is -1.00. The SMILES string of the molecule is C[C@@H](O)c1cc([N+](=O)[O-])c(Oc2cccc(Cl)c2F)s1. The molecule has 1 atom stereocenters. The molecule has 0 saturated heterocycles. The van der Waals surface area contributed by atoms with Crippen LogP contribution in [0.3, 0.4) is 0 Å². The minimum Gasteiger partial charge on any atom is -0.437 e. The fraction of sp³-hybridized carbons (Fsp3) is 0.167. The standard InChI is InChI=1S/C12H9ClFNO4S/c1-6(16)10-5-8(15(17)18)12(20-10)19-9-4-2-3-7(13)11(9)14/h2-6,16H,1H3/t6-/m1/s1. The van der Waals surface area contributed by atoms with Crippen molar-refractivity contribution in [3.63, 3.8) is 0 Å². The predicted molar refractivity (Wildman–Crippen MR) is 73.1 cm³/mol. The average Bonchev–Trinajstić information content (AvgIpc) is 2.79. The first-order valence-corrected chi connectivity index (χ1v) is 6.67. The number of nitrogens with zero attached hydrogens (tertiary/aromatic N) is 1. The van der Waals surface area contributed by atoms with Gasteiger partial charge >= 0.3 is 5.69 Å². The van der Waals surface area contributed by atoms with Gasteiger partial charge < -0.3 is 9.84 Å². The van der Waals surface area contributed by atoms with Gasteiger partial charge in [-0.15, -0.1) is 0 Å². The van der Waals surface area contributed by atoms with E-state index in [9.17, 15) is 19.6 Å². The highest BCUT2D eigenvalue weighted by atomic mass is 35.5. The minimum atomic E-state index is -0.875. The number of hydrogen-bond donors (Lipinski definition) is 1. The number of hydrogen-bond acceptors (Lipinski definition) is 5. The zero-order chi connectivity index (χ0) is 14.9. The molecule has 106 valence electrons. The van der Waals surface area contributed by atoms with Gasteiger partial charge in [0.1, 0.15) is 0 Å². The van der Waals surface area contributed by atoms with Crippen LogP contribution >= 0.6 is 22.9 Å². The van der Waals surface area contributed by atoms with Crippen LogP contribution in [0.4, 0.5) is 10.1 Å². The van der Waals surface area contributed by atoms with Gasteiger partial charge in [0, 0.05) is 10.9 Å². The van der Waals surface area contributed by atoms with Gasteiger partial charge in [0.2, 0.25) is 0 Å². The molecular weight excluding hydrogens is 309 g/mol. The highest BCUT2D eigenvalue weighted by Gasteiger charge is 2.24. The molecule has 8 heteroatoms. The van der Waals surface area contributed by atoms with Gasteiger partial charge in [-0.2, -0.15) is 0 Å². The summed E-state index contributed by atoms with van der Waals surface area (Å²) < 4.78 is 18.9. The quantitative estimate of drug-likeness (QED) is 0.674. The minimum absolute atomic E-state index is 0.105. The van der Waals surface area contributed by atoms with Crippen LogP contribution in [-0.4, -0.2) is 10.0 Å². The number of thiophene rings is 1. The smallest absolute Gasteiger partial charge is 0.323 e. The van der Waals surface area contributed by atoms with E-state index >= 15 is 0 Å². The first-order valence-electron chi connectivity index (χ1n) is 5.48. The maximum absolute atomic E-state index is 13.7. The van der Waals surface area contributed by atoms with Gasteiger partial charge in [0.25, 0.3) is 5.06 Å². The molecule has 2 aromatic rings. The fourth-order valence-corrected chi connectivity index (χ4v) is 2.54. The van der Waals surface area contributed by atoms with Crippen LogP contribution in [0, 0.1) is 15.9 Å². The molecule has 0 unspecified atom stereocenters. The Bertz CT molecular complexity index is 659. The molecule has 5 nitrogen and oxygen atoms in total. The lowest BCUT2D eigenvalue weighted by atomic mass is 10.3. The van der Waals surface area contributed by atoms with E-state index in [-0.39, 0.29) is 21.5 Å². The van der Waals surface area contributed by atoms with Crippen LogP contribution in [0.25, 0.3) is 0 Å². The first kappa shape index (κ1) is 14.7. The average molecular weight is 318 g/mol. The van der Waals surface area contributed by atoms with E-state index in [2.05, 4.69) is 0 Å². The summed E-state index contributed by atoms with van der Waals surface area (Å²) in [5.41, 5.74) is -0.328. The van der Waals surface area contributed by atoms with Crippen molar-refractivity contribution in [1.29, 1.82) is 0 Å². The van der Waals surface area contributed by atoms with E-state index < -0.39 is 16.8 Å². The summed E-state index contributed by atoms with van der Waals surface area (Å²) in [5, 5.41) is 20.1. The van der Waals surface area contributed by atoms with E-state index in [1.807, 2.05) is 0 Å². The maximum atomic E-state index is 13.7. The van der Waals surface area contributed by atoms with Crippen LogP contribution in [0.2, 0.25) is 5.02 Å². The predicted octanol–water partition coefficient (Wildman–Crippen LogP) is 4.29. The molecule has 0 amide bonds. The van der Waals surface area contributed by atoms with E-state index in [1.165, 1.54) is 31.2 Å². The van der Waals surface area contributed by atoms with Gasteiger partial charge in [-0.3, -0.25) is 10.1 Å². The molecule has 20 heavy (non-hydrogen) atoms. The van der Waals surface area contributed by atoms with Crippen molar-refractivity contribution < 1.29 is 19.2 Å². The van der Waals surface area contributed by atoms with Crippen molar-refractivity contribution in [1.82, 2.24) is 0 Å². The molecule has 0 aliphatic carbocycles. The molecule has 0 saturated carbocycles. The number of aliphatic hydroxyl groups is 1. The Balaban J connectivity index is 2.42. The number of nitro groups is 1.